The standard InChI is InChI=1S/C20H25ClN4O2/c1-13-17(14(2)27-23-13)4-6-20(26)25-10-8-15-7-9-24(12-18(15)25)19-5-3-16(21)11-22-19/h3,5,11,15,18H,4,6-10,12H2,1-2H3. The Kier molecular flexibility index (Phi) is 5.08. The third kappa shape index (κ3) is 3.68. The number of halogens is 1. The molecule has 4 heterocycles. The van der Waals surface area contributed by atoms with Gasteiger partial charge in [0.25, 0.3) is 0 Å². The number of piperidine rings is 1. The molecular formula is C20H25ClN4O2. The van der Waals surface area contributed by atoms with E-state index in [2.05, 4.69) is 19.9 Å². The second-order valence-electron chi connectivity index (χ2n) is 7.58. The molecule has 2 aromatic rings. The van der Waals surface area contributed by atoms with Gasteiger partial charge in [-0.2, -0.15) is 0 Å². The minimum atomic E-state index is 0.230. The minimum absolute atomic E-state index is 0.230. The second kappa shape index (κ2) is 7.50. The van der Waals surface area contributed by atoms with Crippen molar-refractivity contribution in [2.75, 3.05) is 24.5 Å². The van der Waals surface area contributed by atoms with Crippen LogP contribution in [0.3, 0.4) is 0 Å². The van der Waals surface area contributed by atoms with Crippen molar-refractivity contribution >= 4 is 23.3 Å². The maximum atomic E-state index is 12.9. The predicted molar refractivity (Wildman–Crippen MR) is 104 cm³/mol. The largest absolute Gasteiger partial charge is 0.361 e. The summed E-state index contributed by atoms with van der Waals surface area (Å²) in [6.45, 7) is 6.52. The molecule has 1 amide bonds. The number of aryl methyl sites for hydroxylation is 2. The molecule has 0 spiro atoms. The number of likely N-dealkylation sites (tertiary alicyclic amines) is 1. The first kappa shape index (κ1) is 18.3. The summed E-state index contributed by atoms with van der Waals surface area (Å²) in [6, 6.07) is 4.10. The van der Waals surface area contributed by atoms with Gasteiger partial charge in [0.05, 0.1) is 16.8 Å². The number of pyridine rings is 1. The van der Waals surface area contributed by atoms with E-state index in [1.165, 1.54) is 0 Å². The molecular weight excluding hydrogens is 364 g/mol. The molecule has 2 atom stereocenters. The Bertz CT molecular complexity index is 800. The van der Waals surface area contributed by atoms with Gasteiger partial charge in [-0.3, -0.25) is 4.79 Å². The van der Waals surface area contributed by atoms with Crippen LogP contribution in [0, 0.1) is 19.8 Å². The van der Waals surface area contributed by atoms with Crippen LogP contribution in [0.5, 0.6) is 0 Å². The monoisotopic (exact) mass is 388 g/mol. The highest BCUT2D eigenvalue weighted by molar-refractivity contribution is 6.30. The topological polar surface area (TPSA) is 62.5 Å². The van der Waals surface area contributed by atoms with E-state index < -0.39 is 0 Å². The second-order valence-corrected chi connectivity index (χ2v) is 8.01. The normalized spacial score (nSPS) is 22.2. The van der Waals surface area contributed by atoms with E-state index in [-0.39, 0.29) is 11.9 Å². The van der Waals surface area contributed by atoms with Crippen molar-refractivity contribution in [2.24, 2.45) is 5.92 Å². The maximum Gasteiger partial charge on any atom is 0.223 e. The van der Waals surface area contributed by atoms with Crippen LogP contribution in [-0.2, 0) is 11.2 Å². The number of amides is 1. The summed E-state index contributed by atoms with van der Waals surface area (Å²) in [5.41, 5.74) is 1.95. The van der Waals surface area contributed by atoms with E-state index in [0.29, 0.717) is 23.8 Å². The van der Waals surface area contributed by atoms with Crippen LogP contribution < -0.4 is 4.90 Å². The van der Waals surface area contributed by atoms with Gasteiger partial charge in [-0.15, -0.1) is 0 Å². The fourth-order valence-corrected chi connectivity index (χ4v) is 4.56. The van der Waals surface area contributed by atoms with Gasteiger partial charge >= 0.3 is 0 Å². The lowest BCUT2D eigenvalue weighted by molar-refractivity contribution is -0.132. The summed E-state index contributed by atoms with van der Waals surface area (Å²) in [7, 11) is 0. The highest BCUT2D eigenvalue weighted by Crippen LogP contribution is 2.34. The molecule has 2 unspecified atom stereocenters. The van der Waals surface area contributed by atoms with Crippen molar-refractivity contribution in [3.8, 4) is 0 Å². The number of hydrogen-bond acceptors (Lipinski definition) is 5. The van der Waals surface area contributed by atoms with Crippen molar-refractivity contribution in [1.29, 1.82) is 0 Å². The third-order valence-corrected chi connectivity index (χ3v) is 6.21. The lowest BCUT2D eigenvalue weighted by Gasteiger charge is -2.39. The molecule has 0 aliphatic carbocycles. The Hall–Kier alpha value is -2.08. The molecule has 144 valence electrons. The number of aromatic nitrogens is 2. The van der Waals surface area contributed by atoms with Crippen LogP contribution in [0.1, 0.15) is 36.3 Å². The van der Waals surface area contributed by atoms with Gasteiger partial charge in [0, 0.05) is 37.8 Å². The average Bonchev–Trinajstić information content (AvgIpc) is 3.23. The van der Waals surface area contributed by atoms with E-state index in [0.717, 1.165) is 55.3 Å². The van der Waals surface area contributed by atoms with Gasteiger partial charge in [-0.25, -0.2) is 4.98 Å². The van der Waals surface area contributed by atoms with E-state index in [1.807, 2.05) is 26.0 Å². The van der Waals surface area contributed by atoms with Gasteiger partial charge in [0.1, 0.15) is 11.6 Å². The summed E-state index contributed by atoms with van der Waals surface area (Å²) < 4.78 is 5.21. The summed E-state index contributed by atoms with van der Waals surface area (Å²) in [5, 5.41) is 4.63. The molecule has 0 aromatic carbocycles. The van der Waals surface area contributed by atoms with Crippen LogP contribution in [0.4, 0.5) is 5.82 Å². The Labute approximate surface area is 164 Å². The minimum Gasteiger partial charge on any atom is -0.361 e. The summed E-state index contributed by atoms with van der Waals surface area (Å²) >= 11 is 5.96. The van der Waals surface area contributed by atoms with E-state index in [4.69, 9.17) is 16.1 Å². The van der Waals surface area contributed by atoms with Crippen molar-refractivity contribution in [3.63, 3.8) is 0 Å². The molecule has 0 bridgehead atoms. The van der Waals surface area contributed by atoms with E-state index in [1.54, 1.807) is 6.20 Å². The molecule has 2 aliphatic heterocycles. The van der Waals surface area contributed by atoms with E-state index >= 15 is 0 Å². The van der Waals surface area contributed by atoms with Crippen molar-refractivity contribution in [3.05, 3.63) is 40.4 Å². The van der Waals surface area contributed by atoms with Crippen LogP contribution >= 0.6 is 11.6 Å². The smallest absolute Gasteiger partial charge is 0.223 e. The fourth-order valence-electron chi connectivity index (χ4n) is 4.45. The summed E-state index contributed by atoms with van der Waals surface area (Å²) in [4.78, 5) is 21.7. The van der Waals surface area contributed by atoms with E-state index in [9.17, 15) is 4.79 Å². The van der Waals surface area contributed by atoms with Gasteiger partial charge in [0.2, 0.25) is 5.91 Å². The fraction of sp³-hybridized carbons (Fsp3) is 0.550. The molecule has 2 aromatic heterocycles. The molecule has 0 N–H and O–H groups in total. The Balaban J connectivity index is 1.41. The quantitative estimate of drug-likeness (QED) is 0.803. The zero-order chi connectivity index (χ0) is 19.0. The average molecular weight is 389 g/mol. The molecule has 2 saturated heterocycles. The van der Waals surface area contributed by atoms with Crippen LogP contribution in [0.2, 0.25) is 5.02 Å². The number of carbonyl (C=O) groups excluding carboxylic acids is 1. The first-order valence-electron chi connectivity index (χ1n) is 9.60. The summed E-state index contributed by atoms with van der Waals surface area (Å²) in [5.74, 6) is 2.58. The number of hydrogen-bond donors (Lipinski definition) is 0. The molecule has 4 rings (SSSR count). The number of nitrogens with zero attached hydrogens (tertiary/aromatic N) is 4. The van der Waals surface area contributed by atoms with Crippen LogP contribution in [0.25, 0.3) is 0 Å². The van der Waals surface area contributed by atoms with Crippen LogP contribution in [0.15, 0.2) is 22.9 Å². The Morgan fingerprint density at radius 3 is 2.81 bits per heavy atom. The van der Waals surface area contributed by atoms with Gasteiger partial charge < -0.3 is 14.3 Å². The molecule has 0 radical (unpaired) electrons. The maximum absolute atomic E-state index is 12.9. The van der Waals surface area contributed by atoms with Gasteiger partial charge in [-0.05, 0) is 51.2 Å². The zero-order valence-corrected chi connectivity index (χ0v) is 16.6. The van der Waals surface area contributed by atoms with Gasteiger partial charge in [0.15, 0.2) is 0 Å². The number of fused-ring (bicyclic) bond motifs is 1. The lowest BCUT2D eigenvalue weighted by Crippen LogP contribution is -2.50. The molecule has 7 heteroatoms. The Morgan fingerprint density at radius 2 is 2.11 bits per heavy atom. The third-order valence-electron chi connectivity index (χ3n) is 5.99. The van der Waals surface area contributed by atoms with Crippen molar-refractivity contribution in [1.82, 2.24) is 15.0 Å². The number of rotatable bonds is 4. The molecule has 27 heavy (non-hydrogen) atoms. The first-order chi connectivity index (χ1) is 13.0. The zero-order valence-electron chi connectivity index (χ0n) is 15.8. The summed E-state index contributed by atoms with van der Waals surface area (Å²) in [6.07, 6.45) is 5.08. The first-order valence-corrected chi connectivity index (χ1v) is 9.98. The van der Waals surface area contributed by atoms with Crippen molar-refractivity contribution in [2.45, 2.75) is 45.6 Å². The van der Waals surface area contributed by atoms with Crippen molar-refractivity contribution < 1.29 is 9.32 Å². The number of anilines is 1. The van der Waals surface area contributed by atoms with Crippen LogP contribution in [-0.4, -0.2) is 46.6 Å². The molecule has 6 nitrogen and oxygen atoms in total. The highest BCUT2D eigenvalue weighted by atomic mass is 35.5. The lowest BCUT2D eigenvalue weighted by atomic mass is 9.92. The Morgan fingerprint density at radius 1 is 1.30 bits per heavy atom. The van der Waals surface area contributed by atoms with Gasteiger partial charge in [-0.1, -0.05) is 16.8 Å². The number of carbonyl (C=O) groups is 1. The highest BCUT2D eigenvalue weighted by Gasteiger charge is 2.40. The molecule has 0 saturated carbocycles. The predicted octanol–water partition coefficient (Wildman–Crippen LogP) is 3.40. The molecule has 2 fully saturated rings. The SMILES string of the molecule is Cc1noc(C)c1CCC(=O)N1CCC2CCN(c3ccc(Cl)cn3)CC21. The molecule has 2 aliphatic rings.